The Morgan fingerprint density at radius 1 is 0.885 bits per heavy atom. The van der Waals surface area contributed by atoms with Gasteiger partial charge in [-0.15, -0.1) is 5.11 Å². The van der Waals surface area contributed by atoms with E-state index in [1.54, 1.807) is 12.1 Å². The third kappa shape index (κ3) is 4.05. The Bertz CT molecular complexity index is 1050. The summed E-state index contributed by atoms with van der Waals surface area (Å²) in [6.45, 7) is 1.23. The predicted molar refractivity (Wildman–Crippen MR) is 103 cm³/mol. The van der Waals surface area contributed by atoms with E-state index in [0.29, 0.717) is 18.8 Å². The van der Waals surface area contributed by atoms with Crippen molar-refractivity contribution in [3.8, 4) is 0 Å². The molecule has 3 rings (SSSR count). The van der Waals surface area contributed by atoms with Gasteiger partial charge in [0.1, 0.15) is 0 Å². The molecule has 0 atom stereocenters. The number of nitrogens with two attached hydrogens (primary N) is 2. The molecule has 3 aromatic rings. The molecule has 0 saturated carbocycles. The lowest BCUT2D eigenvalue weighted by atomic mass is 10.1. The molecule has 0 saturated heterocycles. The summed E-state index contributed by atoms with van der Waals surface area (Å²) in [5, 5.41) is 18.9. The highest BCUT2D eigenvalue weighted by Crippen LogP contribution is 2.32. The number of fused-ring (bicyclic) bond motifs is 1. The minimum Gasteiger partial charge on any atom is -0.383 e. The number of sulfonamides is 1. The molecule has 0 radical (unpaired) electrons. The van der Waals surface area contributed by atoms with Crippen LogP contribution in [0.15, 0.2) is 75.8 Å². The molecule has 134 valence electrons. The van der Waals surface area contributed by atoms with Gasteiger partial charge in [0.05, 0.1) is 16.3 Å². The summed E-state index contributed by atoms with van der Waals surface area (Å²) < 4.78 is 22.6. The van der Waals surface area contributed by atoms with Crippen LogP contribution in [0.3, 0.4) is 0 Å². The lowest BCUT2D eigenvalue weighted by molar-refractivity contribution is 0.598. The molecular weight excluding hydrogens is 350 g/mol. The molecule has 0 aliphatic rings. The molecule has 0 spiro atoms. The zero-order chi connectivity index (χ0) is 18.6. The van der Waals surface area contributed by atoms with Crippen molar-refractivity contribution in [2.24, 2.45) is 21.1 Å². The van der Waals surface area contributed by atoms with E-state index in [1.807, 2.05) is 36.4 Å². The number of anilines is 1. The summed E-state index contributed by atoms with van der Waals surface area (Å²) in [5.41, 5.74) is 7.80. The Morgan fingerprint density at radius 3 is 2.27 bits per heavy atom. The van der Waals surface area contributed by atoms with E-state index in [0.717, 1.165) is 22.1 Å². The van der Waals surface area contributed by atoms with E-state index in [9.17, 15) is 8.42 Å². The standard InChI is InChI=1S/C18H19N5O2S/c19-11-12-21-17-5-1-4-16-15(17)3-2-6-18(16)23-22-13-7-9-14(10-8-13)26(20,24)25/h1-10,21H,11-12,19H2,(H2,20,24,25). The van der Waals surface area contributed by atoms with Crippen LogP contribution in [0, 0.1) is 0 Å². The van der Waals surface area contributed by atoms with Gasteiger partial charge in [-0.2, -0.15) is 5.11 Å². The zero-order valence-corrected chi connectivity index (χ0v) is 14.8. The van der Waals surface area contributed by atoms with Crippen LogP contribution in [0.25, 0.3) is 10.8 Å². The van der Waals surface area contributed by atoms with Gasteiger partial charge in [-0.1, -0.05) is 24.3 Å². The second-order valence-corrected chi connectivity index (χ2v) is 7.19. The first-order chi connectivity index (χ1) is 12.5. The predicted octanol–water partition coefficient (Wildman–Crippen LogP) is 3.27. The molecular formula is C18H19N5O2S. The second-order valence-electron chi connectivity index (χ2n) is 5.63. The Morgan fingerprint density at radius 2 is 1.58 bits per heavy atom. The van der Waals surface area contributed by atoms with Crippen molar-refractivity contribution >= 4 is 37.9 Å². The van der Waals surface area contributed by atoms with Crippen LogP contribution in [0.4, 0.5) is 17.1 Å². The highest BCUT2D eigenvalue weighted by atomic mass is 32.2. The molecule has 0 unspecified atom stereocenters. The second kappa shape index (κ2) is 7.61. The summed E-state index contributed by atoms with van der Waals surface area (Å²) in [5.74, 6) is 0. The van der Waals surface area contributed by atoms with Crippen molar-refractivity contribution < 1.29 is 8.42 Å². The molecule has 7 nitrogen and oxygen atoms in total. The van der Waals surface area contributed by atoms with Gasteiger partial charge in [-0.05, 0) is 36.4 Å². The Kier molecular flexibility index (Phi) is 5.27. The van der Waals surface area contributed by atoms with Gasteiger partial charge in [0.15, 0.2) is 0 Å². The molecule has 0 bridgehead atoms. The van der Waals surface area contributed by atoms with Gasteiger partial charge in [-0.3, -0.25) is 0 Å². The van der Waals surface area contributed by atoms with Crippen LogP contribution < -0.4 is 16.2 Å². The normalized spacial score (nSPS) is 11.9. The number of hydrogen-bond donors (Lipinski definition) is 3. The average molecular weight is 369 g/mol. The smallest absolute Gasteiger partial charge is 0.238 e. The van der Waals surface area contributed by atoms with Crippen LogP contribution in [-0.4, -0.2) is 21.5 Å². The fraction of sp³-hybridized carbons (Fsp3) is 0.111. The van der Waals surface area contributed by atoms with E-state index in [-0.39, 0.29) is 4.90 Å². The topological polar surface area (TPSA) is 123 Å². The summed E-state index contributed by atoms with van der Waals surface area (Å²) in [4.78, 5) is 0.0391. The maximum atomic E-state index is 11.3. The fourth-order valence-corrected chi connectivity index (χ4v) is 3.07. The third-order valence-corrected chi connectivity index (χ3v) is 4.73. The van der Waals surface area contributed by atoms with Gasteiger partial charge in [-0.25, -0.2) is 13.6 Å². The van der Waals surface area contributed by atoms with Crippen LogP contribution >= 0.6 is 0 Å². The number of hydrogen-bond acceptors (Lipinski definition) is 6. The number of nitrogens with zero attached hydrogens (tertiary/aromatic N) is 2. The summed E-state index contributed by atoms with van der Waals surface area (Å²) in [6.07, 6.45) is 0. The molecule has 0 amide bonds. The van der Waals surface area contributed by atoms with Crippen molar-refractivity contribution in [3.05, 3.63) is 60.7 Å². The first-order valence-electron chi connectivity index (χ1n) is 7.99. The van der Waals surface area contributed by atoms with Gasteiger partial charge in [0.2, 0.25) is 10.0 Å². The average Bonchev–Trinajstić information content (AvgIpc) is 2.64. The quantitative estimate of drug-likeness (QED) is 0.577. The maximum Gasteiger partial charge on any atom is 0.238 e. The SMILES string of the molecule is NCCNc1cccc2c(N=Nc3ccc(S(N)(=O)=O)cc3)cccc12. The number of primary sulfonamides is 1. The Labute approximate surface area is 151 Å². The highest BCUT2D eigenvalue weighted by molar-refractivity contribution is 7.89. The summed E-state index contributed by atoms with van der Waals surface area (Å²) in [6, 6.07) is 17.6. The van der Waals surface area contributed by atoms with E-state index >= 15 is 0 Å². The van der Waals surface area contributed by atoms with E-state index < -0.39 is 10.0 Å². The Hall–Kier alpha value is -2.81. The van der Waals surface area contributed by atoms with Crippen molar-refractivity contribution in [2.45, 2.75) is 4.90 Å². The molecule has 8 heteroatoms. The Balaban J connectivity index is 1.92. The molecule has 3 aromatic carbocycles. The minimum atomic E-state index is -3.72. The molecule has 5 N–H and O–H groups in total. The zero-order valence-electron chi connectivity index (χ0n) is 14.0. The summed E-state index contributed by atoms with van der Waals surface area (Å²) in [7, 11) is -3.72. The fourth-order valence-electron chi connectivity index (χ4n) is 2.56. The first kappa shape index (κ1) is 18.0. The van der Waals surface area contributed by atoms with E-state index in [4.69, 9.17) is 10.9 Å². The van der Waals surface area contributed by atoms with Crippen LogP contribution in [0.1, 0.15) is 0 Å². The number of azo groups is 1. The van der Waals surface area contributed by atoms with Crippen molar-refractivity contribution in [3.63, 3.8) is 0 Å². The highest BCUT2D eigenvalue weighted by Gasteiger charge is 2.07. The monoisotopic (exact) mass is 369 g/mol. The third-order valence-electron chi connectivity index (χ3n) is 3.80. The van der Waals surface area contributed by atoms with Gasteiger partial charge >= 0.3 is 0 Å². The molecule has 0 heterocycles. The largest absolute Gasteiger partial charge is 0.383 e. The molecule has 0 fully saturated rings. The lowest BCUT2D eigenvalue weighted by Gasteiger charge is -2.09. The number of nitrogens with one attached hydrogen (secondary N) is 1. The van der Waals surface area contributed by atoms with Crippen LogP contribution in [0.2, 0.25) is 0 Å². The molecule has 0 aromatic heterocycles. The molecule has 0 aliphatic carbocycles. The molecule has 26 heavy (non-hydrogen) atoms. The van der Waals surface area contributed by atoms with E-state index in [1.165, 1.54) is 12.1 Å². The van der Waals surface area contributed by atoms with Crippen LogP contribution in [0.5, 0.6) is 0 Å². The maximum absolute atomic E-state index is 11.3. The lowest BCUT2D eigenvalue weighted by Crippen LogP contribution is -2.13. The minimum absolute atomic E-state index is 0.0391. The van der Waals surface area contributed by atoms with Gasteiger partial charge in [0, 0.05) is 29.5 Å². The number of benzene rings is 3. The summed E-state index contributed by atoms with van der Waals surface area (Å²) >= 11 is 0. The van der Waals surface area contributed by atoms with Crippen molar-refractivity contribution in [2.75, 3.05) is 18.4 Å². The van der Waals surface area contributed by atoms with E-state index in [2.05, 4.69) is 15.5 Å². The molecule has 0 aliphatic heterocycles. The first-order valence-corrected chi connectivity index (χ1v) is 9.54. The number of rotatable bonds is 6. The van der Waals surface area contributed by atoms with Gasteiger partial charge in [0.25, 0.3) is 0 Å². The van der Waals surface area contributed by atoms with Crippen LogP contribution in [-0.2, 0) is 10.0 Å². The van der Waals surface area contributed by atoms with Crippen molar-refractivity contribution in [1.29, 1.82) is 0 Å². The van der Waals surface area contributed by atoms with Crippen molar-refractivity contribution in [1.82, 2.24) is 0 Å². The van der Waals surface area contributed by atoms with Gasteiger partial charge < -0.3 is 11.1 Å².